The quantitative estimate of drug-likeness (QED) is 0.273. The highest BCUT2D eigenvalue weighted by atomic mass is 31.2. The lowest BCUT2D eigenvalue weighted by atomic mass is 10.1. The lowest BCUT2D eigenvalue weighted by molar-refractivity contribution is 0.497. The van der Waals surface area contributed by atoms with Crippen molar-refractivity contribution in [2.75, 3.05) is 0 Å². The minimum atomic E-state index is -1.37. The van der Waals surface area contributed by atoms with Gasteiger partial charge < -0.3 is 9.05 Å². The molecule has 4 aromatic rings. The standard InChI is InChI=1S/C30H31O2P/c1-20-16-24(5)29(18-22(20)3)31-33(32-30-19-23(4)21(2)17-25(30)6)28-14-12-27(13-15-28)26-10-8-7-9-11-26/h7-19H,1-6H3. The Morgan fingerprint density at radius 1 is 0.455 bits per heavy atom. The average molecular weight is 455 g/mol. The maximum absolute atomic E-state index is 6.58. The molecule has 168 valence electrons. The largest absolute Gasteiger partial charge is 0.435 e. The Bertz CT molecular complexity index is 1200. The molecule has 0 amide bonds. The van der Waals surface area contributed by atoms with E-state index in [0.717, 1.165) is 27.9 Å². The molecule has 0 heterocycles. The van der Waals surface area contributed by atoms with E-state index in [9.17, 15) is 0 Å². The van der Waals surface area contributed by atoms with E-state index < -0.39 is 8.38 Å². The van der Waals surface area contributed by atoms with Gasteiger partial charge in [0, 0.05) is 0 Å². The molecule has 0 aliphatic rings. The number of aryl methyl sites for hydroxylation is 6. The summed E-state index contributed by atoms with van der Waals surface area (Å²) in [4.78, 5) is 0. The Labute approximate surface area is 199 Å². The summed E-state index contributed by atoms with van der Waals surface area (Å²) < 4.78 is 13.2. The summed E-state index contributed by atoms with van der Waals surface area (Å²) in [6.45, 7) is 12.7. The monoisotopic (exact) mass is 454 g/mol. The zero-order valence-corrected chi connectivity index (χ0v) is 21.2. The molecule has 0 aliphatic heterocycles. The Morgan fingerprint density at radius 3 is 1.36 bits per heavy atom. The second-order valence-electron chi connectivity index (χ2n) is 8.76. The highest BCUT2D eigenvalue weighted by Gasteiger charge is 2.21. The number of rotatable bonds is 6. The van der Waals surface area contributed by atoms with Crippen LogP contribution in [0.4, 0.5) is 0 Å². The molecular weight excluding hydrogens is 423 g/mol. The first-order valence-corrected chi connectivity index (χ1v) is 12.5. The van der Waals surface area contributed by atoms with Gasteiger partial charge in [0.25, 0.3) is 0 Å². The van der Waals surface area contributed by atoms with Crippen molar-refractivity contribution in [3.63, 3.8) is 0 Å². The summed E-state index contributed by atoms with van der Waals surface area (Å²) >= 11 is 0. The molecule has 0 unspecified atom stereocenters. The maximum Gasteiger partial charge on any atom is 0.326 e. The van der Waals surface area contributed by atoms with Crippen molar-refractivity contribution >= 4 is 13.7 Å². The van der Waals surface area contributed by atoms with Crippen LogP contribution in [0.1, 0.15) is 33.4 Å². The van der Waals surface area contributed by atoms with Crippen molar-refractivity contribution in [2.45, 2.75) is 41.5 Å². The molecule has 4 aromatic carbocycles. The second-order valence-corrected chi connectivity index (χ2v) is 10.2. The van der Waals surface area contributed by atoms with Crippen molar-refractivity contribution < 1.29 is 9.05 Å². The summed E-state index contributed by atoms with van der Waals surface area (Å²) in [5.41, 5.74) is 9.58. The average Bonchev–Trinajstić information content (AvgIpc) is 2.81. The molecule has 0 radical (unpaired) electrons. The van der Waals surface area contributed by atoms with E-state index in [1.807, 2.05) is 6.07 Å². The summed E-state index contributed by atoms with van der Waals surface area (Å²) in [6, 6.07) is 27.6. The van der Waals surface area contributed by atoms with Gasteiger partial charge in [0.2, 0.25) is 0 Å². The molecule has 0 bridgehead atoms. The molecule has 4 rings (SSSR count). The van der Waals surface area contributed by atoms with Crippen LogP contribution in [0.15, 0.2) is 78.9 Å². The van der Waals surface area contributed by atoms with E-state index in [1.165, 1.54) is 33.4 Å². The first-order chi connectivity index (χ1) is 15.8. The number of benzene rings is 4. The van der Waals surface area contributed by atoms with Gasteiger partial charge in [-0.15, -0.1) is 0 Å². The molecule has 0 aliphatic carbocycles. The predicted octanol–water partition coefficient (Wildman–Crippen LogP) is 8.30. The molecular formula is C30H31O2P. The first kappa shape index (κ1) is 23.1. The highest BCUT2D eigenvalue weighted by Crippen LogP contribution is 2.43. The summed E-state index contributed by atoms with van der Waals surface area (Å²) in [6.07, 6.45) is 0. The van der Waals surface area contributed by atoms with Gasteiger partial charge in [0.15, 0.2) is 0 Å². The lowest BCUT2D eigenvalue weighted by Crippen LogP contribution is -2.11. The summed E-state index contributed by atoms with van der Waals surface area (Å²) in [7, 11) is -1.37. The molecule has 0 saturated carbocycles. The van der Waals surface area contributed by atoms with Crippen molar-refractivity contribution in [3.8, 4) is 22.6 Å². The van der Waals surface area contributed by atoms with Gasteiger partial charge >= 0.3 is 8.38 Å². The summed E-state index contributed by atoms with van der Waals surface area (Å²) in [5.74, 6) is 1.75. The topological polar surface area (TPSA) is 18.5 Å². The van der Waals surface area contributed by atoms with Crippen LogP contribution in [0.2, 0.25) is 0 Å². The fourth-order valence-electron chi connectivity index (χ4n) is 3.77. The van der Waals surface area contributed by atoms with Crippen LogP contribution >= 0.6 is 8.38 Å². The van der Waals surface area contributed by atoms with Gasteiger partial charge in [-0.25, -0.2) is 0 Å². The number of hydrogen-bond donors (Lipinski definition) is 0. The van der Waals surface area contributed by atoms with Crippen LogP contribution in [0.25, 0.3) is 11.1 Å². The first-order valence-electron chi connectivity index (χ1n) is 11.3. The van der Waals surface area contributed by atoms with Gasteiger partial charge in [0.1, 0.15) is 11.5 Å². The molecule has 0 fully saturated rings. The smallest absolute Gasteiger partial charge is 0.326 e. The predicted molar refractivity (Wildman–Crippen MR) is 141 cm³/mol. The van der Waals surface area contributed by atoms with E-state index in [2.05, 4.69) is 114 Å². The minimum absolute atomic E-state index is 0.873. The van der Waals surface area contributed by atoms with Gasteiger partial charge in [0.05, 0.1) is 5.30 Å². The van der Waals surface area contributed by atoms with E-state index in [0.29, 0.717) is 0 Å². The van der Waals surface area contributed by atoms with E-state index >= 15 is 0 Å². The molecule has 0 aromatic heterocycles. The van der Waals surface area contributed by atoms with Crippen molar-refractivity contribution in [1.29, 1.82) is 0 Å². The lowest BCUT2D eigenvalue weighted by Gasteiger charge is -2.22. The fourth-order valence-corrected chi connectivity index (χ4v) is 5.16. The van der Waals surface area contributed by atoms with E-state index in [4.69, 9.17) is 9.05 Å². The molecule has 33 heavy (non-hydrogen) atoms. The Balaban J connectivity index is 1.71. The second kappa shape index (κ2) is 9.81. The maximum atomic E-state index is 6.58. The molecule has 0 N–H and O–H groups in total. The van der Waals surface area contributed by atoms with Crippen LogP contribution in [0.5, 0.6) is 11.5 Å². The fraction of sp³-hybridized carbons (Fsp3) is 0.200. The van der Waals surface area contributed by atoms with Gasteiger partial charge in [-0.1, -0.05) is 54.6 Å². The molecule has 0 spiro atoms. The van der Waals surface area contributed by atoms with Crippen LogP contribution in [-0.4, -0.2) is 0 Å². The van der Waals surface area contributed by atoms with Gasteiger partial charge in [-0.05, 0) is 110 Å². The molecule has 3 heteroatoms. The van der Waals surface area contributed by atoms with Crippen molar-refractivity contribution in [3.05, 3.63) is 112 Å². The highest BCUT2D eigenvalue weighted by molar-refractivity contribution is 7.56. The molecule has 2 nitrogen and oxygen atoms in total. The normalized spacial score (nSPS) is 11.0. The van der Waals surface area contributed by atoms with Crippen LogP contribution in [0, 0.1) is 41.5 Å². The zero-order chi connectivity index (χ0) is 23.5. The van der Waals surface area contributed by atoms with Crippen molar-refractivity contribution in [2.24, 2.45) is 0 Å². The number of hydrogen-bond acceptors (Lipinski definition) is 2. The van der Waals surface area contributed by atoms with Gasteiger partial charge in [-0.3, -0.25) is 0 Å². The van der Waals surface area contributed by atoms with Crippen LogP contribution in [0.3, 0.4) is 0 Å². The SMILES string of the molecule is Cc1cc(C)c(OP(Oc2cc(C)c(C)cc2C)c2ccc(-c3ccccc3)cc2)cc1C. The van der Waals surface area contributed by atoms with E-state index in [1.54, 1.807) is 0 Å². The van der Waals surface area contributed by atoms with Crippen LogP contribution in [-0.2, 0) is 0 Å². The zero-order valence-electron chi connectivity index (χ0n) is 20.3. The molecule has 0 atom stereocenters. The minimum Gasteiger partial charge on any atom is -0.435 e. The third-order valence-corrected chi connectivity index (χ3v) is 7.58. The Morgan fingerprint density at radius 2 is 0.879 bits per heavy atom. The van der Waals surface area contributed by atoms with Crippen molar-refractivity contribution in [1.82, 2.24) is 0 Å². The molecule has 0 saturated heterocycles. The Hall–Kier alpha value is -3.09. The Kier molecular flexibility index (Phi) is 6.86. The van der Waals surface area contributed by atoms with Gasteiger partial charge in [-0.2, -0.15) is 0 Å². The third kappa shape index (κ3) is 5.29. The van der Waals surface area contributed by atoms with Crippen LogP contribution < -0.4 is 14.4 Å². The summed E-state index contributed by atoms with van der Waals surface area (Å²) in [5, 5.41) is 1.04. The van der Waals surface area contributed by atoms with E-state index in [-0.39, 0.29) is 0 Å². The third-order valence-electron chi connectivity index (χ3n) is 6.13.